The van der Waals surface area contributed by atoms with Crippen molar-refractivity contribution in [3.05, 3.63) is 24.2 Å². The minimum absolute atomic E-state index is 0.150. The highest BCUT2D eigenvalue weighted by Crippen LogP contribution is 2.24. The molecular weight excluding hydrogens is 324 g/mol. The third-order valence-corrected chi connectivity index (χ3v) is 3.80. The normalized spacial score (nSPS) is 31.6. The first kappa shape index (κ1) is 18.6. The first-order valence-electron chi connectivity index (χ1n) is 7.44. The van der Waals surface area contributed by atoms with E-state index in [-0.39, 0.29) is 18.6 Å². The molecule has 9 nitrogen and oxygen atoms in total. The highest BCUT2D eigenvalue weighted by atomic mass is 16.7. The van der Waals surface area contributed by atoms with Gasteiger partial charge in [-0.05, 0) is 19.4 Å². The third kappa shape index (κ3) is 4.19. The monoisotopic (exact) mass is 344 g/mol. The lowest BCUT2D eigenvalue weighted by atomic mass is 9.99. The zero-order valence-corrected chi connectivity index (χ0v) is 12.9. The Morgan fingerprint density at radius 1 is 1.25 bits per heavy atom. The molecular formula is C15H20O9. The number of carbonyl (C=O) groups is 2. The third-order valence-electron chi connectivity index (χ3n) is 3.80. The van der Waals surface area contributed by atoms with Crippen LogP contribution in [0.4, 0.5) is 0 Å². The Kier molecular flexibility index (Phi) is 6.08. The van der Waals surface area contributed by atoms with Gasteiger partial charge in [-0.1, -0.05) is 0 Å². The maximum Gasteiger partial charge on any atom is 0.335 e. The molecule has 0 amide bonds. The highest BCUT2D eigenvalue weighted by Gasteiger charge is 2.47. The largest absolute Gasteiger partial charge is 0.479 e. The van der Waals surface area contributed by atoms with E-state index in [2.05, 4.69) is 0 Å². The molecule has 0 saturated carbocycles. The molecule has 1 aliphatic heterocycles. The molecule has 134 valence electrons. The van der Waals surface area contributed by atoms with Crippen LogP contribution in [-0.2, 0) is 14.3 Å². The predicted octanol–water partition coefficient (Wildman–Crippen LogP) is -0.460. The summed E-state index contributed by atoms with van der Waals surface area (Å²) < 4.78 is 15.2. The van der Waals surface area contributed by atoms with Gasteiger partial charge in [0.1, 0.15) is 24.6 Å². The van der Waals surface area contributed by atoms with E-state index < -0.39 is 42.8 Å². The van der Waals surface area contributed by atoms with Crippen molar-refractivity contribution in [1.29, 1.82) is 0 Å². The number of aliphatic hydroxyl groups excluding tert-OH is 3. The number of carboxylic acids is 1. The van der Waals surface area contributed by atoms with Crippen LogP contribution in [0.25, 0.3) is 0 Å². The maximum atomic E-state index is 11.9. The number of carbonyl (C=O) groups excluding carboxylic acids is 1. The Balaban J connectivity index is 1.88. The maximum absolute atomic E-state index is 11.9. The van der Waals surface area contributed by atoms with E-state index in [4.69, 9.17) is 19.0 Å². The predicted molar refractivity (Wildman–Crippen MR) is 77.1 cm³/mol. The molecule has 2 heterocycles. The van der Waals surface area contributed by atoms with Crippen molar-refractivity contribution in [3.8, 4) is 0 Å². The molecule has 4 N–H and O–H groups in total. The van der Waals surface area contributed by atoms with Crippen molar-refractivity contribution >= 4 is 11.8 Å². The van der Waals surface area contributed by atoms with E-state index in [1.54, 1.807) is 6.92 Å². The Morgan fingerprint density at radius 2 is 1.96 bits per heavy atom. The second-order valence-corrected chi connectivity index (χ2v) is 5.66. The minimum Gasteiger partial charge on any atom is -0.479 e. The molecule has 1 fully saturated rings. The van der Waals surface area contributed by atoms with Crippen LogP contribution in [0.3, 0.4) is 0 Å². The number of hydrogen-bond donors (Lipinski definition) is 4. The van der Waals surface area contributed by atoms with Gasteiger partial charge in [-0.25, -0.2) is 4.79 Å². The summed E-state index contributed by atoms with van der Waals surface area (Å²) >= 11 is 0. The summed E-state index contributed by atoms with van der Waals surface area (Å²) in [5, 5.41) is 38.1. The number of ketones is 1. The van der Waals surface area contributed by atoms with Gasteiger partial charge in [0, 0.05) is 6.42 Å². The zero-order valence-electron chi connectivity index (χ0n) is 12.9. The average molecular weight is 344 g/mol. The number of aliphatic hydroxyl groups is 3. The SMILES string of the molecule is CC(CCC(=O)c1ccoc1)OC1OC(C(=O)O)C(O)C(O)C1O. The van der Waals surface area contributed by atoms with Gasteiger partial charge < -0.3 is 34.3 Å². The van der Waals surface area contributed by atoms with E-state index in [1.807, 2.05) is 0 Å². The first-order valence-corrected chi connectivity index (χ1v) is 7.44. The van der Waals surface area contributed by atoms with Crippen molar-refractivity contribution in [2.24, 2.45) is 0 Å². The fraction of sp³-hybridized carbons (Fsp3) is 0.600. The van der Waals surface area contributed by atoms with E-state index in [9.17, 15) is 24.9 Å². The van der Waals surface area contributed by atoms with Crippen molar-refractivity contribution in [1.82, 2.24) is 0 Å². The lowest BCUT2D eigenvalue weighted by Crippen LogP contribution is -2.60. The summed E-state index contributed by atoms with van der Waals surface area (Å²) in [5.74, 6) is -1.63. The second-order valence-electron chi connectivity index (χ2n) is 5.66. The molecule has 9 heteroatoms. The van der Waals surface area contributed by atoms with E-state index in [0.29, 0.717) is 5.56 Å². The summed E-state index contributed by atoms with van der Waals surface area (Å²) in [6, 6.07) is 1.54. The lowest BCUT2D eigenvalue weighted by Gasteiger charge is -2.39. The Morgan fingerprint density at radius 3 is 2.54 bits per heavy atom. The Labute approximate surface area is 137 Å². The molecule has 24 heavy (non-hydrogen) atoms. The van der Waals surface area contributed by atoms with E-state index >= 15 is 0 Å². The molecule has 1 aromatic heterocycles. The molecule has 0 aliphatic carbocycles. The van der Waals surface area contributed by atoms with E-state index in [0.717, 1.165) is 0 Å². The molecule has 6 unspecified atom stereocenters. The van der Waals surface area contributed by atoms with Gasteiger partial charge >= 0.3 is 5.97 Å². The molecule has 0 aromatic carbocycles. The molecule has 1 aliphatic rings. The molecule has 6 atom stereocenters. The fourth-order valence-corrected chi connectivity index (χ4v) is 2.36. The molecule has 0 radical (unpaired) electrons. The van der Waals surface area contributed by atoms with Crippen LogP contribution in [0.5, 0.6) is 0 Å². The van der Waals surface area contributed by atoms with Gasteiger partial charge in [-0.15, -0.1) is 0 Å². The number of Topliss-reactive ketones (excluding diaryl/α,β-unsaturated/α-hetero) is 1. The van der Waals surface area contributed by atoms with Crippen molar-refractivity contribution < 1.29 is 43.9 Å². The number of hydrogen-bond acceptors (Lipinski definition) is 8. The molecule has 2 rings (SSSR count). The van der Waals surface area contributed by atoms with Crippen LogP contribution in [-0.4, -0.2) is 69.0 Å². The van der Waals surface area contributed by atoms with Crippen LogP contribution >= 0.6 is 0 Å². The smallest absolute Gasteiger partial charge is 0.335 e. The van der Waals surface area contributed by atoms with Crippen LogP contribution < -0.4 is 0 Å². The average Bonchev–Trinajstić information content (AvgIpc) is 3.07. The summed E-state index contributed by atoms with van der Waals surface area (Å²) in [6.45, 7) is 1.62. The van der Waals surface area contributed by atoms with Gasteiger partial charge in [0.15, 0.2) is 18.2 Å². The molecule has 1 saturated heterocycles. The van der Waals surface area contributed by atoms with E-state index in [1.165, 1.54) is 18.6 Å². The Bertz CT molecular complexity index is 555. The number of carboxylic acid groups (broad SMARTS) is 1. The zero-order chi connectivity index (χ0) is 17.9. The van der Waals surface area contributed by atoms with Gasteiger partial charge in [0.2, 0.25) is 0 Å². The van der Waals surface area contributed by atoms with Gasteiger partial charge in [-0.2, -0.15) is 0 Å². The quantitative estimate of drug-likeness (QED) is 0.482. The second kappa shape index (κ2) is 7.86. The number of aliphatic carboxylic acids is 1. The summed E-state index contributed by atoms with van der Waals surface area (Å²) in [6.07, 6.45) is -5.64. The highest BCUT2D eigenvalue weighted by molar-refractivity contribution is 5.95. The van der Waals surface area contributed by atoms with Gasteiger partial charge in [0.25, 0.3) is 0 Å². The van der Waals surface area contributed by atoms with Crippen LogP contribution in [0, 0.1) is 0 Å². The fourth-order valence-electron chi connectivity index (χ4n) is 2.36. The van der Waals surface area contributed by atoms with Crippen LogP contribution in [0.2, 0.25) is 0 Å². The summed E-state index contributed by atoms with van der Waals surface area (Å²) in [7, 11) is 0. The molecule has 0 bridgehead atoms. The number of rotatable bonds is 7. The van der Waals surface area contributed by atoms with Crippen LogP contribution in [0.15, 0.2) is 23.0 Å². The first-order chi connectivity index (χ1) is 11.3. The van der Waals surface area contributed by atoms with Crippen molar-refractivity contribution in [2.75, 3.05) is 0 Å². The topological polar surface area (TPSA) is 147 Å². The van der Waals surface area contributed by atoms with Crippen LogP contribution in [0.1, 0.15) is 30.1 Å². The summed E-state index contributed by atoms with van der Waals surface area (Å²) in [5.41, 5.74) is 0.431. The Hall–Kier alpha value is -1.78. The van der Waals surface area contributed by atoms with Gasteiger partial charge in [0.05, 0.1) is 17.9 Å². The minimum atomic E-state index is -1.77. The summed E-state index contributed by atoms with van der Waals surface area (Å²) in [4.78, 5) is 22.9. The van der Waals surface area contributed by atoms with Crippen molar-refractivity contribution in [3.63, 3.8) is 0 Å². The van der Waals surface area contributed by atoms with Crippen molar-refractivity contribution in [2.45, 2.75) is 56.6 Å². The number of furan rings is 1. The molecule has 0 spiro atoms. The number of ether oxygens (including phenoxy) is 2. The standard InChI is InChI=1S/C15H20O9/c1-7(2-3-9(16)8-4-5-22-6-8)23-15-12(19)10(17)11(18)13(24-15)14(20)21/h4-7,10-13,15,17-19H,2-3H2,1H3,(H,20,21). The molecule has 1 aromatic rings. The lowest BCUT2D eigenvalue weighted by molar-refractivity contribution is -0.303. The van der Waals surface area contributed by atoms with Gasteiger partial charge in [-0.3, -0.25) is 4.79 Å².